The lowest BCUT2D eigenvalue weighted by molar-refractivity contribution is -0.384. The highest BCUT2D eigenvalue weighted by atomic mass is 16.6. The molecule has 0 bridgehead atoms. The zero-order valence-electron chi connectivity index (χ0n) is 20.0. The molecule has 1 heterocycles. The number of benzene rings is 2. The molecule has 0 aromatic heterocycles. The number of hydrogen-bond donors (Lipinski definition) is 1. The highest BCUT2D eigenvalue weighted by Crippen LogP contribution is 2.32. The van der Waals surface area contributed by atoms with Crippen LogP contribution in [0.15, 0.2) is 48.5 Å². The molecule has 1 atom stereocenters. The Morgan fingerprint density at radius 3 is 2.14 bits per heavy atom. The minimum atomic E-state index is -0.960. The Kier molecular flexibility index (Phi) is 7.42. The van der Waals surface area contributed by atoms with E-state index in [9.17, 15) is 29.3 Å². The third-order valence-corrected chi connectivity index (χ3v) is 6.68. The Morgan fingerprint density at radius 2 is 1.58 bits per heavy atom. The van der Waals surface area contributed by atoms with Crippen LogP contribution in [0.2, 0.25) is 0 Å². The molecule has 1 unspecified atom stereocenters. The minimum Gasteiger partial charge on any atom is -0.326 e. The number of hydrogen-bond acceptors (Lipinski definition) is 6. The van der Waals surface area contributed by atoms with Gasteiger partial charge in [0.05, 0.1) is 17.0 Å². The van der Waals surface area contributed by atoms with Crippen molar-refractivity contribution in [3.63, 3.8) is 0 Å². The van der Waals surface area contributed by atoms with Crippen molar-refractivity contribution in [2.45, 2.75) is 64.0 Å². The Bertz CT molecular complexity index is 1170. The van der Waals surface area contributed by atoms with E-state index in [2.05, 4.69) is 5.32 Å². The number of anilines is 2. The Labute approximate surface area is 208 Å². The molecule has 0 spiro atoms. The second-order valence-electron chi connectivity index (χ2n) is 9.18. The SMILES string of the molecule is CC(=O)Nc1ccc(N2C(=O)CC(N(C(=O)c3ccc([N+](=O)[O-])cc3)C3CCCCCC3)C2=O)cc1. The van der Waals surface area contributed by atoms with Gasteiger partial charge in [0.15, 0.2) is 0 Å². The quantitative estimate of drug-likeness (QED) is 0.280. The Balaban J connectivity index is 1.64. The van der Waals surface area contributed by atoms with Crippen LogP contribution in [-0.2, 0) is 14.4 Å². The number of carbonyl (C=O) groups excluding carboxylic acids is 4. The summed E-state index contributed by atoms with van der Waals surface area (Å²) in [5.74, 6) is -1.54. The lowest BCUT2D eigenvalue weighted by atomic mass is 10.0. The predicted octanol–water partition coefficient (Wildman–Crippen LogP) is 4.05. The first-order chi connectivity index (χ1) is 17.3. The lowest BCUT2D eigenvalue weighted by Crippen LogP contribution is -2.50. The highest BCUT2D eigenvalue weighted by Gasteiger charge is 2.46. The number of rotatable bonds is 6. The van der Waals surface area contributed by atoms with Gasteiger partial charge < -0.3 is 10.2 Å². The van der Waals surface area contributed by atoms with Gasteiger partial charge in [-0.25, -0.2) is 4.90 Å². The summed E-state index contributed by atoms with van der Waals surface area (Å²) < 4.78 is 0. The Morgan fingerprint density at radius 1 is 0.972 bits per heavy atom. The second-order valence-corrected chi connectivity index (χ2v) is 9.18. The molecule has 2 fully saturated rings. The second kappa shape index (κ2) is 10.7. The number of imide groups is 1. The first-order valence-corrected chi connectivity index (χ1v) is 12.1. The van der Waals surface area contributed by atoms with Crippen molar-refractivity contribution in [1.29, 1.82) is 0 Å². The van der Waals surface area contributed by atoms with Crippen LogP contribution in [0.5, 0.6) is 0 Å². The summed E-state index contributed by atoms with van der Waals surface area (Å²) in [7, 11) is 0. The fourth-order valence-corrected chi connectivity index (χ4v) is 4.97. The molecule has 1 aliphatic heterocycles. The first-order valence-electron chi connectivity index (χ1n) is 12.1. The average Bonchev–Trinajstić information content (AvgIpc) is 3.01. The van der Waals surface area contributed by atoms with Gasteiger partial charge in [-0.15, -0.1) is 0 Å². The summed E-state index contributed by atoms with van der Waals surface area (Å²) in [5.41, 5.74) is 1.01. The molecule has 1 aliphatic carbocycles. The van der Waals surface area contributed by atoms with Gasteiger partial charge in [-0.2, -0.15) is 0 Å². The van der Waals surface area contributed by atoms with E-state index in [-0.39, 0.29) is 29.6 Å². The van der Waals surface area contributed by atoms with Gasteiger partial charge in [0.25, 0.3) is 17.5 Å². The van der Waals surface area contributed by atoms with Gasteiger partial charge in [-0.1, -0.05) is 25.7 Å². The van der Waals surface area contributed by atoms with Gasteiger partial charge in [0.2, 0.25) is 11.8 Å². The zero-order valence-corrected chi connectivity index (χ0v) is 20.0. The maximum absolute atomic E-state index is 13.7. The van der Waals surface area contributed by atoms with Crippen LogP contribution in [0.4, 0.5) is 17.1 Å². The molecule has 2 aromatic carbocycles. The number of non-ortho nitro benzene ring substituents is 1. The molecular weight excluding hydrogens is 464 g/mol. The minimum absolute atomic E-state index is 0.131. The number of carbonyl (C=O) groups is 4. The van der Waals surface area contributed by atoms with E-state index in [0.29, 0.717) is 11.4 Å². The van der Waals surface area contributed by atoms with Crippen molar-refractivity contribution >= 4 is 40.7 Å². The highest BCUT2D eigenvalue weighted by molar-refractivity contribution is 6.23. The standard InChI is InChI=1S/C26H28N4O6/c1-17(31)27-19-10-14-21(15-11-19)29-24(32)16-23(26(29)34)28(20-6-4-2-3-5-7-20)25(33)18-8-12-22(13-9-18)30(35)36/h8-15,20,23H,2-7,16H2,1H3,(H,27,31). The summed E-state index contributed by atoms with van der Waals surface area (Å²) in [6.45, 7) is 1.38. The van der Waals surface area contributed by atoms with Crippen molar-refractivity contribution in [2.75, 3.05) is 10.2 Å². The van der Waals surface area contributed by atoms with Gasteiger partial charge in [-0.05, 0) is 49.2 Å². The summed E-state index contributed by atoms with van der Waals surface area (Å²) in [6.07, 6.45) is 5.22. The maximum atomic E-state index is 13.7. The van der Waals surface area contributed by atoms with Gasteiger partial charge in [0, 0.05) is 36.3 Å². The molecule has 4 rings (SSSR count). The molecule has 1 N–H and O–H groups in total. The van der Waals surface area contributed by atoms with E-state index in [1.807, 2.05) is 0 Å². The van der Waals surface area contributed by atoms with Crippen molar-refractivity contribution in [1.82, 2.24) is 4.90 Å². The van der Waals surface area contributed by atoms with Crippen molar-refractivity contribution in [2.24, 2.45) is 0 Å². The van der Waals surface area contributed by atoms with Gasteiger partial charge >= 0.3 is 0 Å². The van der Waals surface area contributed by atoms with E-state index in [0.717, 1.165) is 43.4 Å². The topological polar surface area (TPSA) is 130 Å². The molecule has 0 radical (unpaired) electrons. The fourth-order valence-electron chi connectivity index (χ4n) is 4.97. The van der Waals surface area contributed by atoms with Crippen molar-refractivity contribution in [3.05, 3.63) is 64.2 Å². The fraction of sp³-hybridized carbons (Fsp3) is 0.385. The summed E-state index contributed by atoms with van der Waals surface area (Å²) in [5, 5.41) is 13.7. The van der Waals surface area contributed by atoms with Crippen LogP contribution in [0, 0.1) is 10.1 Å². The van der Waals surface area contributed by atoms with Crippen LogP contribution in [0.1, 0.15) is 62.2 Å². The normalized spacial score (nSPS) is 18.6. The molecule has 36 heavy (non-hydrogen) atoms. The predicted molar refractivity (Wildman–Crippen MR) is 132 cm³/mol. The van der Waals surface area contributed by atoms with Crippen LogP contribution in [0.25, 0.3) is 0 Å². The van der Waals surface area contributed by atoms with Crippen molar-refractivity contribution < 1.29 is 24.1 Å². The van der Waals surface area contributed by atoms with E-state index in [4.69, 9.17) is 0 Å². The maximum Gasteiger partial charge on any atom is 0.269 e. The smallest absolute Gasteiger partial charge is 0.269 e. The molecule has 10 nitrogen and oxygen atoms in total. The van der Waals surface area contributed by atoms with E-state index < -0.39 is 28.7 Å². The molecule has 1 saturated heterocycles. The monoisotopic (exact) mass is 492 g/mol. The lowest BCUT2D eigenvalue weighted by Gasteiger charge is -2.35. The van der Waals surface area contributed by atoms with E-state index in [1.165, 1.54) is 31.2 Å². The summed E-state index contributed by atoms with van der Waals surface area (Å²) >= 11 is 0. The summed E-state index contributed by atoms with van der Waals surface area (Å²) in [6, 6.07) is 10.5. The Hall–Kier alpha value is -4.08. The first kappa shape index (κ1) is 25.0. The molecule has 10 heteroatoms. The van der Waals surface area contributed by atoms with Crippen molar-refractivity contribution in [3.8, 4) is 0 Å². The average molecular weight is 493 g/mol. The number of nitro groups is 1. The largest absolute Gasteiger partial charge is 0.326 e. The number of amides is 4. The van der Waals surface area contributed by atoms with Crippen LogP contribution in [-0.4, -0.2) is 45.5 Å². The molecule has 4 amide bonds. The molecular formula is C26H28N4O6. The van der Waals surface area contributed by atoms with Crippen LogP contribution in [0.3, 0.4) is 0 Å². The number of nitro benzene ring substituents is 1. The van der Waals surface area contributed by atoms with Gasteiger partial charge in [-0.3, -0.25) is 29.3 Å². The van der Waals surface area contributed by atoms with Crippen LogP contribution >= 0.6 is 0 Å². The summed E-state index contributed by atoms with van der Waals surface area (Å²) in [4.78, 5) is 64.7. The third kappa shape index (κ3) is 5.27. The van der Waals surface area contributed by atoms with Gasteiger partial charge in [0.1, 0.15) is 6.04 Å². The third-order valence-electron chi connectivity index (χ3n) is 6.68. The van der Waals surface area contributed by atoms with Crippen LogP contribution < -0.4 is 10.2 Å². The number of nitrogens with one attached hydrogen (secondary N) is 1. The molecule has 1 saturated carbocycles. The molecule has 2 aliphatic rings. The molecule has 188 valence electrons. The van der Waals surface area contributed by atoms with E-state index in [1.54, 1.807) is 29.2 Å². The number of nitrogens with zero attached hydrogens (tertiary/aromatic N) is 3. The van der Waals surface area contributed by atoms with E-state index >= 15 is 0 Å². The molecule has 2 aromatic rings. The zero-order chi connectivity index (χ0) is 25.8.